The minimum absolute atomic E-state index is 0.145. The number of nitrogens with one attached hydrogen (secondary N) is 1. The van der Waals surface area contributed by atoms with Gasteiger partial charge in [0.15, 0.2) is 0 Å². The number of hydrogen-bond acceptors (Lipinski definition) is 2. The van der Waals surface area contributed by atoms with Crippen molar-refractivity contribution < 1.29 is 8.42 Å². The topological polar surface area (TPSA) is 46.2 Å². The smallest absolute Gasteiger partial charge is 0.212 e. The van der Waals surface area contributed by atoms with Crippen LogP contribution in [0.4, 0.5) is 0 Å². The summed E-state index contributed by atoms with van der Waals surface area (Å²) in [4.78, 5) is 0. The Hall–Kier alpha value is 0.490. The monoisotopic (exact) mass is 261 g/mol. The summed E-state index contributed by atoms with van der Waals surface area (Å²) < 4.78 is 25.2. The van der Waals surface area contributed by atoms with Gasteiger partial charge in [-0.2, -0.15) is 0 Å². The first-order valence-electron chi connectivity index (χ1n) is 4.23. The van der Waals surface area contributed by atoms with E-state index in [-0.39, 0.29) is 11.8 Å². The highest BCUT2D eigenvalue weighted by atomic mass is 35.5. The Kier molecular flexibility index (Phi) is 4.72. The van der Waals surface area contributed by atoms with Gasteiger partial charge in [0, 0.05) is 11.8 Å². The molecule has 14 heavy (non-hydrogen) atoms. The molecule has 0 aromatic carbocycles. The molecule has 0 saturated heterocycles. The molecule has 0 heterocycles. The molecule has 0 amide bonds. The molecule has 0 rings (SSSR count). The van der Waals surface area contributed by atoms with E-state index in [0.717, 1.165) is 0 Å². The second-order valence-electron chi connectivity index (χ2n) is 4.55. The van der Waals surface area contributed by atoms with E-state index < -0.39 is 20.3 Å². The Morgan fingerprint density at radius 1 is 1.07 bits per heavy atom. The third-order valence-electron chi connectivity index (χ3n) is 1.78. The molecule has 0 aliphatic carbocycles. The molecule has 0 aliphatic heterocycles. The number of hydrogen-bond donors (Lipinski definition) is 1. The van der Waals surface area contributed by atoms with Gasteiger partial charge >= 0.3 is 0 Å². The average molecular weight is 262 g/mol. The van der Waals surface area contributed by atoms with Crippen molar-refractivity contribution in [3.63, 3.8) is 0 Å². The first-order valence-corrected chi connectivity index (χ1v) is 6.79. The van der Waals surface area contributed by atoms with Gasteiger partial charge in [-0.05, 0) is 27.7 Å². The fraction of sp³-hybridized carbons (Fsp3) is 1.00. The van der Waals surface area contributed by atoms with Crippen LogP contribution >= 0.6 is 23.2 Å². The zero-order valence-electron chi connectivity index (χ0n) is 8.89. The lowest BCUT2D eigenvalue weighted by atomic mass is 10.1. The molecule has 0 aromatic heterocycles. The van der Waals surface area contributed by atoms with Crippen molar-refractivity contribution in [3.8, 4) is 0 Å². The molecule has 3 nitrogen and oxygen atoms in total. The van der Waals surface area contributed by atoms with Crippen LogP contribution in [0.3, 0.4) is 0 Å². The lowest BCUT2D eigenvalue weighted by Gasteiger charge is -2.30. The van der Waals surface area contributed by atoms with E-state index in [9.17, 15) is 8.42 Å². The molecule has 0 aromatic rings. The fourth-order valence-electron chi connectivity index (χ4n) is 0.568. The Morgan fingerprint density at radius 3 is 1.64 bits per heavy atom. The van der Waals surface area contributed by atoms with Gasteiger partial charge in [-0.1, -0.05) is 0 Å². The maximum absolute atomic E-state index is 11.8. The predicted molar refractivity (Wildman–Crippen MR) is 61.7 cm³/mol. The van der Waals surface area contributed by atoms with Crippen LogP contribution in [0.2, 0.25) is 0 Å². The third-order valence-corrected chi connectivity index (χ3v) is 5.33. The van der Waals surface area contributed by atoms with Crippen LogP contribution < -0.4 is 4.72 Å². The Labute approximate surface area is 96.2 Å². The van der Waals surface area contributed by atoms with Gasteiger partial charge in [-0.3, -0.25) is 0 Å². The van der Waals surface area contributed by atoms with Gasteiger partial charge < -0.3 is 0 Å². The minimum atomic E-state index is -3.40. The maximum atomic E-state index is 11.8. The average Bonchev–Trinajstić information content (AvgIpc) is 2.01. The normalized spacial score (nSPS) is 14.4. The zero-order chi connectivity index (χ0) is 11.6. The van der Waals surface area contributed by atoms with Crippen LogP contribution in [0.5, 0.6) is 0 Å². The minimum Gasteiger partial charge on any atom is -0.212 e. The van der Waals surface area contributed by atoms with Crippen molar-refractivity contribution in [2.45, 2.75) is 38.0 Å². The Morgan fingerprint density at radius 2 is 1.43 bits per heavy atom. The van der Waals surface area contributed by atoms with Crippen LogP contribution in [0.1, 0.15) is 27.7 Å². The summed E-state index contributed by atoms with van der Waals surface area (Å²) >= 11 is 11.3. The molecular formula is C8H17Cl2NO2S. The van der Waals surface area contributed by atoms with Gasteiger partial charge in [0.2, 0.25) is 10.0 Å². The highest BCUT2D eigenvalue weighted by Gasteiger charge is 2.35. The summed E-state index contributed by atoms with van der Waals surface area (Å²) in [6.07, 6.45) is 0. The first kappa shape index (κ1) is 14.5. The number of rotatable bonds is 4. The van der Waals surface area contributed by atoms with Crippen molar-refractivity contribution in [2.75, 3.05) is 11.8 Å². The van der Waals surface area contributed by atoms with E-state index in [0.29, 0.717) is 0 Å². The molecule has 0 atom stereocenters. The third kappa shape index (κ3) is 3.57. The largest absolute Gasteiger partial charge is 0.217 e. The standard InChI is InChI=1S/C8H17Cl2NO2S/c1-7(2,3)14(12,13)11-8(4,5-9)6-10/h11H,5-6H2,1-4H3. The van der Waals surface area contributed by atoms with Crippen LogP contribution in [0.15, 0.2) is 0 Å². The SMILES string of the molecule is CC(CCl)(CCl)NS(=O)(=O)C(C)(C)C. The number of alkyl halides is 2. The summed E-state index contributed by atoms with van der Waals surface area (Å²) in [5.41, 5.74) is -0.783. The van der Waals surface area contributed by atoms with Crippen molar-refractivity contribution >= 4 is 33.2 Å². The van der Waals surface area contributed by atoms with Gasteiger partial charge in [0.25, 0.3) is 0 Å². The molecule has 0 spiro atoms. The summed E-state index contributed by atoms with van der Waals surface area (Å²) in [6, 6.07) is 0. The first-order chi connectivity index (χ1) is 6.08. The maximum Gasteiger partial charge on any atom is 0.217 e. The number of sulfonamides is 1. The molecule has 1 N–H and O–H groups in total. The molecule has 6 heteroatoms. The highest BCUT2D eigenvalue weighted by Crippen LogP contribution is 2.18. The lowest BCUT2D eigenvalue weighted by molar-refractivity contribution is 0.480. The lowest BCUT2D eigenvalue weighted by Crippen LogP contribution is -2.54. The second kappa shape index (κ2) is 4.56. The van der Waals surface area contributed by atoms with Gasteiger partial charge in [-0.15, -0.1) is 23.2 Å². The molecule has 0 unspecified atom stereocenters. The quantitative estimate of drug-likeness (QED) is 0.787. The zero-order valence-corrected chi connectivity index (χ0v) is 11.2. The van der Waals surface area contributed by atoms with Crippen molar-refractivity contribution in [3.05, 3.63) is 0 Å². The number of halogens is 2. The fourth-order valence-corrected chi connectivity index (χ4v) is 2.24. The van der Waals surface area contributed by atoms with Gasteiger partial charge in [0.1, 0.15) is 0 Å². The van der Waals surface area contributed by atoms with E-state index in [4.69, 9.17) is 23.2 Å². The summed E-state index contributed by atoms with van der Waals surface area (Å²) in [7, 11) is -3.40. The van der Waals surface area contributed by atoms with Crippen molar-refractivity contribution in [1.82, 2.24) is 4.72 Å². The van der Waals surface area contributed by atoms with Crippen LogP contribution in [0, 0.1) is 0 Å². The molecule has 86 valence electrons. The predicted octanol–water partition coefficient (Wildman–Crippen LogP) is 1.94. The van der Waals surface area contributed by atoms with E-state index in [2.05, 4.69) is 4.72 Å². The van der Waals surface area contributed by atoms with E-state index in [1.54, 1.807) is 27.7 Å². The van der Waals surface area contributed by atoms with Crippen molar-refractivity contribution in [1.29, 1.82) is 0 Å². The van der Waals surface area contributed by atoms with E-state index >= 15 is 0 Å². The van der Waals surface area contributed by atoms with Crippen molar-refractivity contribution in [2.24, 2.45) is 0 Å². The van der Waals surface area contributed by atoms with Crippen LogP contribution in [-0.2, 0) is 10.0 Å². The van der Waals surface area contributed by atoms with E-state index in [1.807, 2.05) is 0 Å². The van der Waals surface area contributed by atoms with Crippen LogP contribution in [0.25, 0.3) is 0 Å². The summed E-state index contributed by atoms with van der Waals surface area (Å²) in [5.74, 6) is 0.289. The second-order valence-corrected chi connectivity index (χ2v) is 7.52. The molecule has 0 aliphatic rings. The molecular weight excluding hydrogens is 245 g/mol. The molecule has 0 bridgehead atoms. The molecule has 0 fully saturated rings. The molecule has 0 saturated carbocycles. The Balaban J connectivity index is 4.85. The van der Waals surface area contributed by atoms with Crippen LogP contribution in [-0.4, -0.2) is 30.5 Å². The summed E-state index contributed by atoms with van der Waals surface area (Å²) in [6.45, 7) is 6.55. The molecule has 0 radical (unpaired) electrons. The van der Waals surface area contributed by atoms with E-state index in [1.165, 1.54) is 0 Å². The highest BCUT2D eigenvalue weighted by molar-refractivity contribution is 7.90. The summed E-state index contributed by atoms with van der Waals surface area (Å²) in [5, 5.41) is 0. The van der Waals surface area contributed by atoms with Gasteiger partial charge in [-0.25, -0.2) is 13.1 Å². The van der Waals surface area contributed by atoms with Gasteiger partial charge in [0.05, 0.1) is 10.3 Å². The Bertz CT molecular complexity index is 278.